The smallest absolute Gasteiger partial charge is 0.131 e. The molecule has 5 rings (SSSR count). The van der Waals surface area contributed by atoms with Gasteiger partial charge in [0.15, 0.2) is 0 Å². The third-order valence-corrected chi connectivity index (χ3v) is 4.98. The predicted molar refractivity (Wildman–Crippen MR) is 132 cm³/mol. The van der Waals surface area contributed by atoms with Crippen molar-refractivity contribution in [1.82, 2.24) is 0 Å². The summed E-state index contributed by atoms with van der Waals surface area (Å²) in [6, 6.07) is 34.4. The zero-order chi connectivity index (χ0) is 23.0. The molecule has 1 aliphatic carbocycles. The molecule has 0 aliphatic heterocycles. The van der Waals surface area contributed by atoms with E-state index in [0.717, 1.165) is 17.2 Å². The average Bonchev–Trinajstić information content (AvgIpc) is 2.87. The summed E-state index contributed by atoms with van der Waals surface area (Å²) in [5.41, 5.74) is 0. The van der Waals surface area contributed by atoms with Gasteiger partial charge < -0.3 is 18.9 Å². The van der Waals surface area contributed by atoms with Crippen LogP contribution in [0, 0.1) is 6.42 Å². The number of allylic oxidation sites excluding steroid dienone is 2. The summed E-state index contributed by atoms with van der Waals surface area (Å²) in [6.45, 7) is 0. The van der Waals surface area contributed by atoms with Crippen LogP contribution in [0.4, 0.5) is 0 Å². The Bertz CT molecular complexity index is 1260. The van der Waals surface area contributed by atoms with Crippen LogP contribution in [0.3, 0.4) is 0 Å². The van der Waals surface area contributed by atoms with Gasteiger partial charge in [0.05, 0.1) is 6.42 Å². The largest absolute Gasteiger partial charge is 0.486 e. The molecule has 0 N–H and O–H groups in total. The maximum Gasteiger partial charge on any atom is 0.131 e. The normalized spacial score (nSPS) is 14.7. The third-order valence-electron chi connectivity index (χ3n) is 4.98. The van der Waals surface area contributed by atoms with E-state index in [0.29, 0.717) is 23.0 Å². The summed E-state index contributed by atoms with van der Waals surface area (Å²) in [4.78, 5) is 0. The minimum absolute atomic E-state index is 0.196. The van der Waals surface area contributed by atoms with Gasteiger partial charge in [0.25, 0.3) is 0 Å². The van der Waals surface area contributed by atoms with Crippen LogP contribution in [0.15, 0.2) is 133 Å². The van der Waals surface area contributed by atoms with Crippen LogP contribution in [0.2, 0.25) is 0 Å². The standard InChI is InChI=1S/C30H23O4/c1-3-9-23(10-4-1)31-25-17-19-26(20-18-25)33-28-14-8-16-30(22-28)34-29-15-7-13-27(21-29)32-24-11-5-2-6-12-24/h1-22,27H. The zero-order valence-corrected chi connectivity index (χ0v) is 18.4. The van der Waals surface area contributed by atoms with Crippen molar-refractivity contribution in [3.63, 3.8) is 0 Å². The molecular weight excluding hydrogens is 424 g/mol. The van der Waals surface area contributed by atoms with Gasteiger partial charge in [-0.25, -0.2) is 0 Å². The van der Waals surface area contributed by atoms with Crippen LogP contribution in [0.5, 0.6) is 34.5 Å². The van der Waals surface area contributed by atoms with E-state index in [1.54, 1.807) is 0 Å². The van der Waals surface area contributed by atoms with Crippen molar-refractivity contribution < 1.29 is 18.9 Å². The lowest BCUT2D eigenvalue weighted by molar-refractivity contribution is 0.268. The minimum atomic E-state index is -0.196. The van der Waals surface area contributed by atoms with E-state index >= 15 is 0 Å². The predicted octanol–water partition coefficient (Wildman–Crippen LogP) is 7.76. The number of ether oxygens (including phenoxy) is 4. The maximum absolute atomic E-state index is 6.06. The van der Waals surface area contributed by atoms with Crippen molar-refractivity contribution in [3.8, 4) is 34.5 Å². The Balaban J connectivity index is 1.18. The summed E-state index contributed by atoms with van der Waals surface area (Å²) >= 11 is 0. The summed E-state index contributed by atoms with van der Waals surface area (Å²) in [7, 11) is 0. The van der Waals surface area contributed by atoms with Crippen molar-refractivity contribution in [1.29, 1.82) is 0 Å². The molecule has 4 heteroatoms. The molecule has 0 bridgehead atoms. The highest BCUT2D eigenvalue weighted by Gasteiger charge is 2.15. The summed E-state index contributed by atoms with van der Waals surface area (Å²) < 4.78 is 23.9. The van der Waals surface area contributed by atoms with Gasteiger partial charge in [-0.2, -0.15) is 0 Å². The van der Waals surface area contributed by atoms with Gasteiger partial charge in [-0.05, 0) is 72.8 Å². The average molecular weight is 448 g/mol. The quantitative estimate of drug-likeness (QED) is 0.277. The Morgan fingerprint density at radius 1 is 0.471 bits per heavy atom. The SMILES string of the molecule is [CH]1C(Oc2cccc(Oc3ccc(Oc4ccccc4)cc3)c2)=CC=CC1Oc1ccccc1. The number of hydrogen-bond donors (Lipinski definition) is 0. The second-order valence-corrected chi connectivity index (χ2v) is 7.58. The first-order valence-corrected chi connectivity index (χ1v) is 11.0. The van der Waals surface area contributed by atoms with E-state index in [1.165, 1.54) is 0 Å². The van der Waals surface area contributed by atoms with Crippen LogP contribution >= 0.6 is 0 Å². The Labute approximate surface area is 199 Å². The Morgan fingerprint density at radius 3 is 1.68 bits per heavy atom. The molecule has 1 aliphatic rings. The van der Waals surface area contributed by atoms with Crippen LogP contribution in [-0.4, -0.2) is 6.10 Å². The molecule has 1 atom stereocenters. The van der Waals surface area contributed by atoms with Gasteiger partial charge >= 0.3 is 0 Å². The highest BCUT2D eigenvalue weighted by Crippen LogP contribution is 2.30. The Hall–Kier alpha value is -4.44. The first-order chi connectivity index (χ1) is 16.8. The van der Waals surface area contributed by atoms with E-state index in [4.69, 9.17) is 18.9 Å². The highest BCUT2D eigenvalue weighted by atomic mass is 16.5. The Kier molecular flexibility index (Phi) is 6.58. The van der Waals surface area contributed by atoms with Gasteiger partial charge in [-0.1, -0.05) is 48.5 Å². The molecule has 0 aromatic heterocycles. The monoisotopic (exact) mass is 447 g/mol. The van der Waals surface area contributed by atoms with Crippen LogP contribution < -0.4 is 18.9 Å². The lowest BCUT2D eigenvalue weighted by atomic mass is 10.1. The van der Waals surface area contributed by atoms with Crippen molar-refractivity contribution in [2.45, 2.75) is 6.10 Å². The van der Waals surface area contributed by atoms with Gasteiger partial charge in [-0.3, -0.25) is 0 Å². The molecule has 0 fully saturated rings. The van der Waals surface area contributed by atoms with E-state index in [-0.39, 0.29) is 6.10 Å². The van der Waals surface area contributed by atoms with Crippen molar-refractivity contribution in [2.24, 2.45) is 0 Å². The number of rotatable bonds is 8. The minimum Gasteiger partial charge on any atom is -0.486 e. The first-order valence-electron chi connectivity index (χ1n) is 11.0. The molecule has 167 valence electrons. The fraction of sp³-hybridized carbons (Fsp3) is 0.0333. The maximum atomic E-state index is 6.06. The topological polar surface area (TPSA) is 36.9 Å². The molecule has 1 radical (unpaired) electrons. The molecule has 4 nitrogen and oxygen atoms in total. The summed E-state index contributed by atoms with van der Waals surface area (Å²) in [5.74, 6) is 5.13. The van der Waals surface area contributed by atoms with E-state index in [9.17, 15) is 0 Å². The van der Waals surface area contributed by atoms with Gasteiger partial charge in [0.1, 0.15) is 46.4 Å². The number of para-hydroxylation sites is 2. The van der Waals surface area contributed by atoms with E-state index in [1.807, 2.05) is 134 Å². The summed E-state index contributed by atoms with van der Waals surface area (Å²) in [6.07, 6.45) is 7.56. The second-order valence-electron chi connectivity index (χ2n) is 7.58. The van der Waals surface area contributed by atoms with Crippen LogP contribution in [-0.2, 0) is 0 Å². The summed E-state index contributed by atoms with van der Waals surface area (Å²) in [5, 5.41) is 0. The van der Waals surface area contributed by atoms with E-state index < -0.39 is 0 Å². The number of hydrogen-bond acceptors (Lipinski definition) is 4. The molecule has 4 aromatic carbocycles. The van der Waals surface area contributed by atoms with Gasteiger partial charge in [0.2, 0.25) is 0 Å². The molecule has 0 saturated carbocycles. The lowest BCUT2D eigenvalue weighted by Crippen LogP contribution is -2.19. The molecule has 4 aromatic rings. The molecule has 0 saturated heterocycles. The van der Waals surface area contributed by atoms with Crippen LogP contribution in [0.25, 0.3) is 0 Å². The van der Waals surface area contributed by atoms with E-state index in [2.05, 4.69) is 0 Å². The zero-order valence-electron chi connectivity index (χ0n) is 18.4. The van der Waals surface area contributed by atoms with Gasteiger partial charge in [0, 0.05) is 6.07 Å². The highest BCUT2D eigenvalue weighted by molar-refractivity contribution is 5.41. The van der Waals surface area contributed by atoms with Crippen molar-refractivity contribution >= 4 is 0 Å². The number of benzene rings is 4. The molecule has 1 unspecified atom stereocenters. The third kappa shape index (κ3) is 5.87. The van der Waals surface area contributed by atoms with Crippen LogP contribution in [0.1, 0.15) is 0 Å². The lowest BCUT2D eigenvalue weighted by Gasteiger charge is -2.20. The molecule has 34 heavy (non-hydrogen) atoms. The van der Waals surface area contributed by atoms with Crippen molar-refractivity contribution in [3.05, 3.63) is 140 Å². The van der Waals surface area contributed by atoms with Crippen molar-refractivity contribution in [2.75, 3.05) is 0 Å². The molecule has 0 spiro atoms. The molecular formula is C30H23O4. The first kappa shape index (κ1) is 21.4. The fourth-order valence-corrected chi connectivity index (χ4v) is 3.40. The fourth-order valence-electron chi connectivity index (χ4n) is 3.40. The Morgan fingerprint density at radius 2 is 1.00 bits per heavy atom. The molecule has 0 amide bonds. The second kappa shape index (κ2) is 10.5. The van der Waals surface area contributed by atoms with Gasteiger partial charge in [-0.15, -0.1) is 0 Å². The molecule has 0 heterocycles.